The van der Waals surface area contributed by atoms with Crippen LogP contribution in [0.25, 0.3) is 0 Å². The van der Waals surface area contributed by atoms with E-state index in [4.69, 9.17) is 18.9 Å². The first kappa shape index (κ1) is 22.1. The van der Waals surface area contributed by atoms with Crippen LogP contribution in [0.15, 0.2) is 18.2 Å². The van der Waals surface area contributed by atoms with Gasteiger partial charge in [0.1, 0.15) is 5.92 Å². The molecule has 0 saturated heterocycles. The molecule has 4 atom stereocenters. The fourth-order valence-corrected chi connectivity index (χ4v) is 4.15. The van der Waals surface area contributed by atoms with E-state index >= 15 is 0 Å². The molecule has 0 unspecified atom stereocenters. The van der Waals surface area contributed by atoms with Gasteiger partial charge in [-0.1, -0.05) is 6.07 Å². The number of ketones is 1. The number of hydrogen-bond acceptors (Lipinski definition) is 8. The first-order valence-corrected chi connectivity index (χ1v) is 10.1. The standard InChI is InChI=1S/C22H28O8/c1-11(2)29-20(24)18-14(23)9-22(5,26)19(21(25)30-12(3)4)17(18)13-6-7-15-16(8-13)28-10-27-15/h6-8,11-12,17-19,26H,9-10H2,1-5H3/t17-,18-,19-,22+/m1/s1. The minimum atomic E-state index is -1.70. The summed E-state index contributed by atoms with van der Waals surface area (Å²) in [6.45, 7) is 8.23. The Kier molecular flexibility index (Phi) is 6.08. The summed E-state index contributed by atoms with van der Waals surface area (Å²) in [7, 11) is 0. The number of ether oxygens (including phenoxy) is 4. The minimum Gasteiger partial charge on any atom is -0.463 e. The number of fused-ring (bicyclic) bond motifs is 1. The molecule has 1 aromatic rings. The summed E-state index contributed by atoms with van der Waals surface area (Å²) in [5.41, 5.74) is -1.21. The molecular formula is C22H28O8. The van der Waals surface area contributed by atoms with Crippen molar-refractivity contribution in [2.45, 2.75) is 64.8 Å². The summed E-state index contributed by atoms with van der Waals surface area (Å²) >= 11 is 0. The Morgan fingerprint density at radius 3 is 2.30 bits per heavy atom. The highest BCUT2D eigenvalue weighted by Crippen LogP contribution is 2.48. The van der Waals surface area contributed by atoms with Crippen LogP contribution in [0, 0.1) is 11.8 Å². The van der Waals surface area contributed by atoms with E-state index in [9.17, 15) is 19.5 Å². The van der Waals surface area contributed by atoms with Crippen molar-refractivity contribution in [3.63, 3.8) is 0 Å². The van der Waals surface area contributed by atoms with Crippen molar-refractivity contribution < 1.29 is 38.4 Å². The zero-order valence-corrected chi connectivity index (χ0v) is 17.8. The molecule has 0 radical (unpaired) electrons. The van der Waals surface area contributed by atoms with Gasteiger partial charge < -0.3 is 24.1 Å². The Labute approximate surface area is 175 Å². The van der Waals surface area contributed by atoms with Gasteiger partial charge in [-0.3, -0.25) is 14.4 Å². The van der Waals surface area contributed by atoms with E-state index < -0.39 is 53.3 Å². The number of carbonyl (C=O) groups excluding carboxylic acids is 3. The Morgan fingerprint density at radius 2 is 1.67 bits per heavy atom. The maximum atomic E-state index is 13.0. The summed E-state index contributed by atoms with van der Waals surface area (Å²) in [6.07, 6.45) is -1.22. The van der Waals surface area contributed by atoms with Crippen LogP contribution in [0.5, 0.6) is 11.5 Å². The Balaban J connectivity index is 2.12. The molecule has 3 rings (SSSR count). The average Bonchev–Trinajstić information content (AvgIpc) is 3.06. The number of hydrogen-bond donors (Lipinski definition) is 1. The Morgan fingerprint density at radius 1 is 1.07 bits per heavy atom. The molecule has 2 aliphatic rings. The summed E-state index contributed by atoms with van der Waals surface area (Å²) in [5.74, 6) is -4.30. The van der Waals surface area contributed by atoms with Crippen molar-refractivity contribution in [2.24, 2.45) is 11.8 Å². The lowest BCUT2D eigenvalue weighted by Gasteiger charge is -2.44. The van der Waals surface area contributed by atoms with Gasteiger partial charge in [-0.05, 0) is 52.3 Å². The van der Waals surface area contributed by atoms with Gasteiger partial charge in [0, 0.05) is 12.3 Å². The minimum absolute atomic E-state index is 0.0533. The Hall–Kier alpha value is -2.61. The highest BCUT2D eigenvalue weighted by molar-refractivity contribution is 6.02. The predicted molar refractivity (Wildman–Crippen MR) is 105 cm³/mol. The summed E-state index contributed by atoms with van der Waals surface area (Å²) in [5, 5.41) is 11.1. The van der Waals surface area contributed by atoms with E-state index in [0.29, 0.717) is 17.1 Å². The van der Waals surface area contributed by atoms with Gasteiger partial charge in [0.05, 0.1) is 23.7 Å². The van der Waals surface area contributed by atoms with Gasteiger partial charge in [-0.15, -0.1) is 0 Å². The van der Waals surface area contributed by atoms with Crippen molar-refractivity contribution >= 4 is 17.7 Å². The molecule has 8 heteroatoms. The zero-order valence-electron chi connectivity index (χ0n) is 17.8. The molecule has 0 spiro atoms. The molecule has 0 bridgehead atoms. The normalized spacial score (nSPS) is 28.0. The molecule has 30 heavy (non-hydrogen) atoms. The average molecular weight is 420 g/mol. The third-order valence-corrected chi connectivity index (χ3v) is 5.26. The molecule has 1 aromatic carbocycles. The number of esters is 2. The SMILES string of the molecule is CC(C)OC(=O)[C@@H]1C(=O)C[C@](C)(O)[C@@H](C(=O)OC(C)C)[C@@H]1c1ccc2c(c1)OCO2. The second-order valence-electron chi connectivity index (χ2n) is 8.57. The fourth-order valence-electron chi connectivity index (χ4n) is 4.15. The molecule has 1 N–H and O–H groups in total. The molecule has 1 aliphatic heterocycles. The van der Waals surface area contributed by atoms with Crippen LogP contribution in [0.1, 0.15) is 52.5 Å². The van der Waals surface area contributed by atoms with Gasteiger partial charge in [0.25, 0.3) is 0 Å². The maximum absolute atomic E-state index is 13.0. The number of carbonyl (C=O) groups is 3. The van der Waals surface area contributed by atoms with Gasteiger partial charge in [0.15, 0.2) is 17.3 Å². The molecule has 1 fully saturated rings. The van der Waals surface area contributed by atoms with Crippen molar-refractivity contribution in [1.29, 1.82) is 0 Å². The molecule has 0 amide bonds. The van der Waals surface area contributed by atoms with Crippen LogP contribution in [-0.4, -0.2) is 47.4 Å². The van der Waals surface area contributed by atoms with E-state index in [1.807, 2.05) is 0 Å². The monoisotopic (exact) mass is 420 g/mol. The molecule has 1 aliphatic carbocycles. The number of aliphatic hydroxyl groups is 1. The van der Waals surface area contributed by atoms with Crippen LogP contribution in [0.4, 0.5) is 0 Å². The van der Waals surface area contributed by atoms with E-state index in [1.165, 1.54) is 6.92 Å². The van der Waals surface area contributed by atoms with Gasteiger partial charge in [0.2, 0.25) is 6.79 Å². The van der Waals surface area contributed by atoms with Crippen molar-refractivity contribution in [3.8, 4) is 11.5 Å². The van der Waals surface area contributed by atoms with Gasteiger partial charge >= 0.3 is 11.9 Å². The van der Waals surface area contributed by atoms with Crippen LogP contribution in [0.3, 0.4) is 0 Å². The van der Waals surface area contributed by atoms with E-state index in [0.717, 1.165) is 0 Å². The predicted octanol–water partition coefficient (Wildman–Crippen LogP) is 2.36. The molecular weight excluding hydrogens is 392 g/mol. The van der Waals surface area contributed by atoms with E-state index in [2.05, 4.69) is 0 Å². The zero-order chi connectivity index (χ0) is 22.2. The van der Waals surface area contributed by atoms with Gasteiger partial charge in [-0.25, -0.2) is 0 Å². The highest BCUT2D eigenvalue weighted by Gasteiger charge is 2.57. The lowest BCUT2D eigenvalue weighted by atomic mass is 9.61. The van der Waals surface area contributed by atoms with Crippen LogP contribution in [0.2, 0.25) is 0 Å². The molecule has 1 heterocycles. The third kappa shape index (κ3) is 4.28. The number of Topliss-reactive ketones (excluding diaryl/α,β-unsaturated/α-hetero) is 1. The first-order chi connectivity index (χ1) is 14.0. The van der Waals surface area contributed by atoms with E-state index in [1.54, 1.807) is 45.9 Å². The van der Waals surface area contributed by atoms with Crippen LogP contribution in [-0.2, 0) is 23.9 Å². The lowest BCUT2D eigenvalue weighted by molar-refractivity contribution is -0.176. The molecule has 8 nitrogen and oxygen atoms in total. The molecule has 164 valence electrons. The quantitative estimate of drug-likeness (QED) is 0.571. The molecule has 1 saturated carbocycles. The smallest absolute Gasteiger partial charge is 0.317 e. The second-order valence-corrected chi connectivity index (χ2v) is 8.57. The summed E-state index contributed by atoms with van der Waals surface area (Å²) in [4.78, 5) is 38.9. The van der Waals surface area contributed by atoms with Crippen molar-refractivity contribution in [3.05, 3.63) is 23.8 Å². The topological polar surface area (TPSA) is 108 Å². The number of benzene rings is 1. The summed E-state index contributed by atoms with van der Waals surface area (Å²) < 4.78 is 21.5. The van der Waals surface area contributed by atoms with E-state index in [-0.39, 0.29) is 13.2 Å². The lowest BCUT2D eigenvalue weighted by Crippen LogP contribution is -2.55. The highest BCUT2D eigenvalue weighted by atomic mass is 16.7. The van der Waals surface area contributed by atoms with Crippen molar-refractivity contribution in [1.82, 2.24) is 0 Å². The number of rotatable bonds is 5. The largest absolute Gasteiger partial charge is 0.463 e. The van der Waals surface area contributed by atoms with Crippen molar-refractivity contribution in [2.75, 3.05) is 6.79 Å². The third-order valence-electron chi connectivity index (χ3n) is 5.26. The second kappa shape index (κ2) is 8.26. The van der Waals surface area contributed by atoms with Crippen LogP contribution >= 0.6 is 0 Å². The van der Waals surface area contributed by atoms with Crippen LogP contribution < -0.4 is 9.47 Å². The Bertz CT molecular complexity index is 834. The first-order valence-electron chi connectivity index (χ1n) is 10.1. The van der Waals surface area contributed by atoms with Gasteiger partial charge in [-0.2, -0.15) is 0 Å². The maximum Gasteiger partial charge on any atom is 0.317 e. The summed E-state index contributed by atoms with van der Waals surface area (Å²) in [6, 6.07) is 4.95. The molecule has 0 aromatic heterocycles. The fraction of sp³-hybridized carbons (Fsp3) is 0.591.